The number of carbonyl (C=O) groups is 2. The van der Waals surface area contributed by atoms with Crippen molar-refractivity contribution >= 4 is 44.8 Å². The normalized spacial score (nSPS) is 10.8. The second-order valence-corrected chi connectivity index (χ2v) is 7.98. The molecule has 0 radical (unpaired) electrons. The molecular formula is C26H19BrN2O4. The van der Waals surface area contributed by atoms with E-state index < -0.39 is 5.97 Å². The van der Waals surface area contributed by atoms with Gasteiger partial charge in [0.25, 0.3) is 5.91 Å². The number of halogens is 1. The Kier molecular flexibility index (Phi) is 7.12. The summed E-state index contributed by atoms with van der Waals surface area (Å²) in [6, 6.07) is 27.3. The number of hydrogen-bond acceptors (Lipinski definition) is 5. The Balaban J connectivity index is 1.25. The van der Waals surface area contributed by atoms with E-state index >= 15 is 0 Å². The van der Waals surface area contributed by atoms with Crippen molar-refractivity contribution in [2.45, 2.75) is 0 Å². The van der Waals surface area contributed by atoms with Crippen molar-refractivity contribution in [2.75, 3.05) is 6.61 Å². The highest BCUT2D eigenvalue weighted by Crippen LogP contribution is 2.20. The molecule has 0 atom stereocenters. The predicted molar refractivity (Wildman–Crippen MR) is 131 cm³/mol. The molecule has 1 amide bonds. The van der Waals surface area contributed by atoms with Crippen molar-refractivity contribution < 1.29 is 19.1 Å². The molecule has 0 bridgehead atoms. The summed E-state index contributed by atoms with van der Waals surface area (Å²) in [6.45, 7) is -0.153. The summed E-state index contributed by atoms with van der Waals surface area (Å²) in [5.41, 5.74) is 3.61. The van der Waals surface area contributed by atoms with Crippen LogP contribution < -0.4 is 14.9 Å². The van der Waals surface area contributed by atoms with Crippen molar-refractivity contribution in [2.24, 2.45) is 5.10 Å². The molecule has 4 rings (SSSR count). The number of amides is 1. The number of hydrogen-bond donors (Lipinski definition) is 1. The van der Waals surface area contributed by atoms with Crippen LogP contribution >= 0.6 is 15.9 Å². The maximum Gasteiger partial charge on any atom is 0.343 e. The Morgan fingerprint density at radius 3 is 2.39 bits per heavy atom. The Morgan fingerprint density at radius 1 is 0.848 bits per heavy atom. The topological polar surface area (TPSA) is 77.0 Å². The summed E-state index contributed by atoms with van der Waals surface area (Å²) >= 11 is 3.33. The first-order valence-corrected chi connectivity index (χ1v) is 10.9. The fraction of sp³-hybridized carbons (Fsp3) is 0.0385. The number of benzene rings is 4. The molecule has 0 saturated heterocycles. The fourth-order valence-electron chi connectivity index (χ4n) is 3.02. The molecule has 4 aromatic rings. The average Bonchev–Trinajstić information content (AvgIpc) is 2.83. The number of ether oxygens (including phenoxy) is 2. The molecule has 0 unspecified atom stereocenters. The summed E-state index contributed by atoms with van der Waals surface area (Å²) in [5, 5.41) is 6.08. The summed E-state index contributed by atoms with van der Waals surface area (Å²) < 4.78 is 11.7. The minimum atomic E-state index is -0.448. The summed E-state index contributed by atoms with van der Waals surface area (Å²) in [7, 11) is 0. The lowest BCUT2D eigenvalue weighted by atomic mass is 10.1. The molecule has 0 aliphatic rings. The van der Waals surface area contributed by atoms with E-state index in [1.165, 1.54) is 6.21 Å². The molecule has 0 spiro atoms. The first kappa shape index (κ1) is 22.2. The van der Waals surface area contributed by atoms with Crippen LogP contribution in [0.25, 0.3) is 10.8 Å². The van der Waals surface area contributed by atoms with E-state index in [1.807, 2.05) is 48.5 Å². The minimum Gasteiger partial charge on any atom is -0.484 e. The zero-order valence-electron chi connectivity index (χ0n) is 17.4. The molecule has 0 fully saturated rings. The maximum absolute atomic E-state index is 12.2. The lowest BCUT2D eigenvalue weighted by Gasteiger charge is -2.06. The molecule has 164 valence electrons. The van der Waals surface area contributed by atoms with Crippen molar-refractivity contribution in [1.82, 2.24) is 5.43 Å². The van der Waals surface area contributed by atoms with Crippen LogP contribution in [0, 0.1) is 0 Å². The van der Waals surface area contributed by atoms with Gasteiger partial charge in [-0.1, -0.05) is 52.3 Å². The number of rotatable bonds is 7. The highest BCUT2D eigenvalue weighted by atomic mass is 79.9. The minimum absolute atomic E-state index is 0.153. The molecule has 1 N–H and O–H groups in total. The van der Waals surface area contributed by atoms with E-state index in [-0.39, 0.29) is 12.5 Å². The molecule has 0 aliphatic heterocycles. The summed E-state index contributed by atoms with van der Waals surface area (Å²) in [4.78, 5) is 24.2. The van der Waals surface area contributed by atoms with Crippen LogP contribution in [0.1, 0.15) is 15.9 Å². The first-order valence-electron chi connectivity index (χ1n) is 10.1. The molecule has 0 aromatic heterocycles. The van der Waals surface area contributed by atoms with Crippen LogP contribution in [0.5, 0.6) is 11.5 Å². The number of nitrogens with one attached hydrogen (secondary N) is 1. The number of esters is 1. The van der Waals surface area contributed by atoms with Gasteiger partial charge >= 0.3 is 5.97 Å². The third-order valence-electron chi connectivity index (χ3n) is 4.64. The quantitative estimate of drug-likeness (QED) is 0.160. The smallest absolute Gasteiger partial charge is 0.343 e. The van der Waals surface area contributed by atoms with Crippen LogP contribution in [0.4, 0.5) is 0 Å². The zero-order valence-corrected chi connectivity index (χ0v) is 19.0. The van der Waals surface area contributed by atoms with Crippen LogP contribution in [0.2, 0.25) is 0 Å². The largest absolute Gasteiger partial charge is 0.484 e. The van der Waals surface area contributed by atoms with Crippen LogP contribution in [-0.2, 0) is 4.79 Å². The number of carbonyl (C=O) groups excluding carboxylic acids is 2. The van der Waals surface area contributed by atoms with Crippen LogP contribution in [-0.4, -0.2) is 24.7 Å². The van der Waals surface area contributed by atoms with Crippen molar-refractivity contribution in [1.29, 1.82) is 0 Å². The average molecular weight is 503 g/mol. The SMILES string of the molecule is O=C(COc1ccc2ccccc2c1)NN=Cc1ccc(OC(=O)c2cccc(Br)c2)cc1. The molecule has 0 heterocycles. The molecule has 33 heavy (non-hydrogen) atoms. The Labute approximate surface area is 199 Å². The van der Waals surface area contributed by atoms with Gasteiger partial charge in [0, 0.05) is 4.47 Å². The molecule has 0 aliphatic carbocycles. The number of nitrogens with zero attached hydrogens (tertiary/aromatic N) is 1. The van der Waals surface area contributed by atoms with E-state index in [1.54, 1.807) is 42.5 Å². The zero-order chi connectivity index (χ0) is 23.0. The highest BCUT2D eigenvalue weighted by molar-refractivity contribution is 9.10. The maximum atomic E-state index is 12.2. The second kappa shape index (κ2) is 10.6. The lowest BCUT2D eigenvalue weighted by molar-refractivity contribution is -0.123. The monoisotopic (exact) mass is 502 g/mol. The van der Waals surface area contributed by atoms with Gasteiger partial charge < -0.3 is 9.47 Å². The van der Waals surface area contributed by atoms with E-state index in [2.05, 4.69) is 26.5 Å². The third-order valence-corrected chi connectivity index (χ3v) is 5.14. The van der Waals surface area contributed by atoms with Gasteiger partial charge in [-0.3, -0.25) is 4.79 Å². The van der Waals surface area contributed by atoms with Gasteiger partial charge in [-0.05, 0) is 70.9 Å². The van der Waals surface area contributed by atoms with E-state index in [9.17, 15) is 9.59 Å². The Bertz CT molecular complexity index is 1320. The van der Waals surface area contributed by atoms with E-state index in [0.29, 0.717) is 17.1 Å². The van der Waals surface area contributed by atoms with Gasteiger partial charge in [-0.25, -0.2) is 10.2 Å². The number of hydrazone groups is 1. The van der Waals surface area contributed by atoms with Gasteiger partial charge in [-0.15, -0.1) is 0 Å². The van der Waals surface area contributed by atoms with Crippen molar-refractivity contribution in [3.63, 3.8) is 0 Å². The molecule has 6 nitrogen and oxygen atoms in total. The Hall–Kier alpha value is -3.97. The number of fused-ring (bicyclic) bond motifs is 1. The molecular weight excluding hydrogens is 484 g/mol. The summed E-state index contributed by atoms with van der Waals surface area (Å²) in [6.07, 6.45) is 1.49. The van der Waals surface area contributed by atoms with Gasteiger partial charge in [0.15, 0.2) is 6.61 Å². The molecule has 4 aromatic carbocycles. The standard InChI is InChI=1S/C26H19BrN2O4/c27-22-7-3-6-21(14-22)26(31)33-23-11-8-18(9-12-23)16-28-29-25(30)17-32-24-13-10-19-4-1-2-5-20(19)15-24/h1-16H,17H2,(H,29,30). The predicted octanol–water partition coefficient (Wildman–Crippen LogP) is 5.35. The van der Waals surface area contributed by atoms with Crippen molar-refractivity contribution in [3.8, 4) is 11.5 Å². The van der Waals surface area contributed by atoms with Gasteiger partial charge in [-0.2, -0.15) is 5.10 Å². The van der Waals surface area contributed by atoms with E-state index in [4.69, 9.17) is 9.47 Å². The fourth-order valence-corrected chi connectivity index (χ4v) is 3.42. The first-order chi connectivity index (χ1) is 16.1. The molecule has 0 saturated carbocycles. The van der Waals surface area contributed by atoms with Gasteiger partial charge in [0.05, 0.1) is 11.8 Å². The van der Waals surface area contributed by atoms with E-state index in [0.717, 1.165) is 20.8 Å². The molecule has 7 heteroatoms. The highest BCUT2D eigenvalue weighted by Gasteiger charge is 2.09. The van der Waals surface area contributed by atoms with Gasteiger partial charge in [0.1, 0.15) is 11.5 Å². The summed E-state index contributed by atoms with van der Waals surface area (Å²) in [5.74, 6) is 0.196. The Morgan fingerprint density at radius 2 is 1.61 bits per heavy atom. The van der Waals surface area contributed by atoms with Crippen molar-refractivity contribution in [3.05, 3.63) is 107 Å². The third kappa shape index (κ3) is 6.27. The van der Waals surface area contributed by atoms with Crippen LogP contribution in [0.15, 0.2) is 101 Å². The second-order valence-electron chi connectivity index (χ2n) is 7.06. The lowest BCUT2D eigenvalue weighted by Crippen LogP contribution is -2.24. The van der Waals surface area contributed by atoms with Crippen LogP contribution in [0.3, 0.4) is 0 Å². The van der Waals surface area contributed by atoms with Gasteiger partial charge in [0.2, 0.25) is 0 Å².